The number of aliphatic carboxylic acids is 1. The fourth-order valence-electron chi connectivity index (χ4n) is 9.00. The van der Waals surface area contributed by atoms with Crippen molar-refractivity contribution in [2.75, 3.05) is 6.54 Å². The maximum absolute atomic E-state index is 12.0. The topological polar surface area (TPSA) is 107 Å². The van der Waals surface area contributed by atoms with Crippen molar-refractivity contribution in [2.45, 2.75) is 97.2 Å². The van der Waals surface area contributed by atoms with Crippen LogP contribution >= 0.6 is 0 Å². The average molecular weight is 450 g/mol. The van der Waals surface area contributed by atoms with Crippen LogP contribution in [0.3, 0.4) is 0 Å². The van der Waals surface area contributed by atoms with Crippen LogP contribution in [-0.4, -0.2) is 45.9 Å². The number of carbonyl (C=O) groups excluding carboxylic acids is 1. The number of carboxylic acid groups (broad SMARTS) is 1. The van der Waals surface area contributed by atoms with Crippen molar-refractivity contribution in [3.8, 4) is 0 Å². The Morgan fingerprint density at radius 3 is 2.41 bits per heavy atom. The third-order valence-corrected chi connectivity index (χ3v) is 10.7. The first-order chi connectivity index (χ1) is 15.1. The highest BCUT2D eigenvalue weighted by Crippen LogP contribution is 2.68. The summed E-state index contributed by atoms with van der Waals surface area (Å²) in [4.78, 5) is 22.7. The molecule has 0 spiro atoms. The van der Waals surface area contributed by atoms with Gasteiger partial charge in [0.15, 0.2) is 0 Å². The van der Waals surface area contributed by atoms with Gasteiger partial charge in [-0.15, -0.1) is 0 Å². The number of rotatable bonds is 6. The van der Waals surface area contributed by atoms with Crippen molar-refractivity contribution in [3.63, 3.8) is 0 Å². The summed E-state index contributed by atoms with van der Waals surface area (Å²) in [6.45, 7) is 6.83. The molecule has 0 saturated heterocycles. The summed E-state index contributed by atoms with van der Waals surface area (Å²) in [6, 6.07) is 0. The van der Waals surface area contributed by atoms with Gasteiger partial charge in [0.1, 0.15) is 6.54 Å². The van der Waals surface area contributed by atoms with E-state index in [0.717, 1.165) is 44.9 Å². The second kappa shape index (κ2) is 8.90. The average Bonchev–Trinajstić information content (AvgIpc) is 3.09. The zero-order valence-electron chi connectivity index (χ0n) is 20.1. The standard InChI is InChI=1S/C26H43NO5/c1-15(4-7-22(30)27-14-23(31)32)18-5-6-19-24-20(9-11-26(18,19)3)25(2)10-8-17(28)12-16(25)13-21(24)29/h15-21,24,28-29H,4-14H2,1-3H3,(H,27,30)(H,31,32)/t15-,16+,17-,18-,19-,20-,21+,24+,25+,26-/m1/s1. The molecule has 6 heteroatoms. The highest BCUT2D eigenvalue weighted by Gasteiger charge is 2.62. The summed E-state index contributed by atoms with van der Waals surface area (Å²) in [6.07, 6.45) is 9.06. The molecule has 0 aliphatic heterocycles. The van der Waals surface area contributed by atoms with E-state index in [0.29, 0.717) is 41.9 Å². The van der Waals surface area contributed by atoms with Gasteiger partial charge in [-0.3, -0.25) is 9.59 Å². The van der Waals surface area contributed by atoms with E-state index < -0.39 is 5.97 Å². The van der Waals surface area contributed by atoms with E-state index in [1.807, 2.05) is 0 Å². The fraction of sp³-hybridized carbons (Fsp3) is 0.923. The SMILES string of the molecule is C[C@H](CCC(=O)NCC(=O)O)[C@H]1CC[C@@H]2[C@H]3[C@@H](CC[C@@]21C)[C@@]1(C)CC[C@@H](O)C[C@H]1C[C@@H]3O. The fourth-order valence-corrected chi connectivity index (χ4v) is 9.00. The molecule has 4 saturated carbocycles. The number of hydrogen-bond acceptors (Lipinski definition) is 4. The van der Waals surface area contributed by atoms with Gasteiger partial charge in [-0.25, -0.2) is 0 Å². The van der Waals surface area contributed by atoms with E-state index in [1.54, 1.807) is 0 Å². The van der Waals surface area contributed by atoms with Gasteiger partial charge >= 0.3 is 5.97 Å². The minimum atomic E-state index is -1.01. The highest BCUT2D eigenvalue weighted by molar-refractivity contribution is 5.81. The minimum Gasteiger partial charge on any atom is -0.480 e. The lowest BCUT2D eigenvalue weighted by molar-refractivity contribution is -0.174. The predicted octanol–water partition coefficient (Wildman–Crippen LogP) is 3.59. The minimum absolute atomic E-state index is 0.177. The van der Waals surface area contributed by atoms with Crippen LogP contribution < -0.4 is 5.32 Å². The molecule has 10 atom stereocenters. The third-order valence-electron chi connectivity index (χ3n) is 10.7. The maximum Gasteiger partial charge on any atom is 0.322 e. The molecule has 0 aromatic heterocycles. The second-order valence-electron chi connectivity index (χ2n) is 12.1. The number of amides is 1. The second-order valence-corrected chi connectivity index (χ2v) is 12.1. The molecule has 1 amide bonds. The van der Waals surface area contributed by atoms with Crippen LogP contribution in [0.1, 0.15) is 85.0 Å². The number of aliphatic hydroxyl groups excluding tert-OH is 2. The molecule has 4 rings (SSSR count). The van der Waals surface area contributed by atoms with Crippen LogP contribution in [0.25, 0.3) is 0 Å². The Labute approximate surface area is 192 Å². The molecule has 6 nitrogen and oxygen atoms in total. The smallest absolute Gasteiger partial charge is 0.322 e. The maximum atomic E-state index is 12.0. The summed E-state index contributed by atoms with van der Waals surface area (Å²) < 4.78 is 0. The highest BCUT2D eigenvalue weighted by atomic mass is 16.4. The third kappa shape index (κ3) is 4.11. The normalized spacial score (nSPS) is 46.5. The number of nitrogens with one attached hydrogen (secondary N) is 1. The van der Waals surface area contributed by atoms with E-state index in [-0.39, 0.29) is 35.5 Å². The lowest BCUT2D eigenvalue weighted by atomic mass is 9.43. The first-order valence-electron chi connectivity index (χ1n) is 12.9. The number of carbonyl (C=O) groups is 2. The van der Waals surface area contributed by atoms with Crippen molar-refractivity contribution < 1.29 is 24.9 Å². The predicted molar refractivity (Wildman–Crippen MR) is 122 cm³/mol. The van der Waals surface area contributed by atoms with Crippen LogP contribution in [0.4, 0.5) is 0 Å². The molecular weight excluding hydrogens is 406 g/mol. The van der Waals surface area contributed by atoms with Crippen LogP contribution in [0.5, 0.6) is 0 Å². The molecule has 0 heterocycles. The number of aliphatic hydroxyl groups is 2. The summed E-state index contributed by atoms with van der Waals surface area (Å²) in [7, 11) is 0. The van der Waals surface area contributed by atoms with Crippen molar-refractivity contribution in [1.29, 1.82) is 0 Å². The Bertz CT molecular complexity index is 727. The van der Waals surface area contributed by atoms with E-state index in [2.05, 4.69) is 26.1 Å². The van der Waals surface area contributed by atoms with Gasteiger partial charge in [0, 0.05) is 6.42 Å². The zero-order valence-corrected chi connectivity index (χ0v) is 20.1. The van der Waals surface area contributed by atoms with Crippen LogP contribution in [-0.2, 0) is 9.59 Å². The van der Waals surface area contributed by atoms with Crippen molar-refractivity contribution in [3.05, 3.63) is 0 Å². The van der Waals surface area contributed by atoms with Crippen molar-refractivity contribution in [2.24, 2.45) is 46.3 Å². The summed E-state index contributed by atoms with van der Waals surface area (Å²) in [5.41, 5.74) is 0.451. The molecule has 32 heavy (non-hydrogen) atoms. The van der Waals surface area contributed by atoms with Crippen molar-refractivity contribution >= 4 is 11.9 Å². The lowest BCUT2D eigenvalue weighted by Crippen LogP contribution is -2.58. The summed E-state index contributed by atoms with van der Waals surface area (Å²) >= 11 is 0. The molecule has 0 aromatic rings. The van der Waals surface area contributed by atoms with E-state index in [1.165, 1.54) is 12.8 Å². The Hall–Kier alpha value is -1.14. The Balaban J connectivity index is 1.44. The van der Waals surface area contributed by atoms with Crippen molar-refractivity contribution in [1.82, 2.24) is 5.32 Å². The zero-order chi connectivity index (χ0) is 23.3. The van der Waals surface area contributed by atoms with Gasteiger partial charge in [0.2, 0.25) is 5.91 Å². The Morgan fingerprint density at radius 1 is 1.00 bits per heavy atom. The van der Waals surface area contributed by atoms with Gasteiger partial charge < -0.3 is 20.6 Å². The summed E-state index contributed by atoms with van der Waals surface area (Å²) in [5.74, 6) is 1.66. The molecule has 0 radical (unpaired) electrons. The first kappa shape index (κ1) is 24.0. The molecule has 0 aromatic carbocycles. The molecule has 4 aliphatic rings. The first-order valence-corrected chi connectivity index (χ1v) is 12.9. The lowest BCUT2D eigenvalue weighted by Gasteiger charge is -2.62. The number of hydrogen-bond donors (Lipinski definition) is 4. The molecule has 4 fully saturated rings. The number of carboxylic acids is 1. The Morgan fingerprint density at radius 2 is 1.69 bits per heavy atom. The molecule has 0 unspecified atom stereocenters. The summed E-state index contributed by atoms with van der Waals surface area (Å²) in [5, 5.41) is 32.8. The Kier molecular flexibility index (Phi) is 6.68. The van der Waals surface area contributed by atoms with Gasteiger partial charge in [-0.05, 0) is 104 Å². The largest absolute Gasteiger partial charge is 0.480 e. The van der Waals surface area contributed by atoms with Gasteiger partial charge in [-0.1, -0.05) is 20.8 Å². The van der Waals surface area contributed by atoms with Gasteiger partial charge in [0.25, 0.3) is 0 Å². The van der Waals surface area contributed by atoms with E-state index >= 15 is 0 Å². The van der Waals surface area contributed by atoms with Crippen LogP contribution in [0.2, 0.25) is 0 Å². The quantitative estimate of drug-likeness (QED) is 0.496. The molecular formula is C26H43NO5. The van der Waals surface area contributed by atoms with E-state index in [4.69, 9.17) is 5.11 Å². The van der Waals surface area contributed by atoms with Gasteiger partial charge in [-0.2, -0.15) is 0 Å². The monoisotopic (exact) mass is 449 g/mol. The van der Waals surface area contributed by atoms with Crippen LogP contribution in [0, 0.1) is 46.3 Å². The number of fused-ring (bicyclic) bond motifs is 5. The van der Waals surface area contributed by atoms with Gasteiger partial charge in [0.05, 0.1) is 12.2 Å². The molecule has 182 valence electrons. The molecule has 4 aliphatic carbocycles. The van der Waals surface area contributed by atoms with E-state index in [9.17, 15) is 19.8 Å². The van der Waals surface area contributed by atoms with Crippen LogP contribution in [0.15, 0.2) is 0 Å². The molecule has 4 N–H and O–H groups in total. The molecule has 0 bridgehead atoms.